The van der Waals surface area contributed by atoms with E-state index in [1.165, 1.54) is 4.42 Å². The summed E-state index contributed by atoms with van der Waals surface area (Å²) < 4.78 is 21.3. The molecule has 1 heterocycles. The molecule has 4 nitrogen and oxygen atoms in total. The number of nitrogens with zero attached hydrogens (tertiary/aromatic N) is 1. The highest BCUT2D eigenvalue weighted by atomic mass is 35.5. The molecule has 0 aromatic heterocycles. The molecular weight excluding hydrogens is 250 g/mol. The number of halogens is 1. The molecule has 6 heteroatoms. The third-order valence-electron chi connectivity index (χ3n) is 4.25. The monoisotopic (exact) mass is 265 g/mol. The Balaban J connectivity index is 2.37. The largest absolute Gasteiger partial charge is 0.306 e. The second-order valence-corrected chi connectivity index (χ2v) is 6.35. The topological polar surface area (TPSA) is 57.6 Å². The van der Waals surface area contributed by atoms with Gasteiger partial charge in [0.05, 0.1) is 11.3 Å². The molecule has 2 unspecified atom stereocenters. The van der Waals surface area contributed by atoms with E-state index >= 15 is 0 Å². The molecule has 2 fully saturated rings. The van der Waals surface area contributed by atoms with Crippen LogP contribution in [0.25, 0.3) is 0 Å². The first-order valence-electron chi connectivity index (χ1n) is 5.48. The van der Waals surface area contributed by atoms with E-state index < -0.39 is 16.6 Å². The highest BCUT2D eigenvalue weighted by molar-refractivity contribution is 7.79. The first kappa shape index (κ1) is 12.3. The first-order chi connectivity index (χ1) is 7.41. The predicted molar refractivity (Wildman–Crippen MR) is 62.3 cm³/mol. The van der Waals surface area contributed by atoms with Crippen LogP contribution in [0.4, 0.5) is 0 Å². The van der Waals surface area contributed by atoms with Crippen LogP contribution in [0, 0.1) is 5.41 Å². The number of hydrogen-bond acceptors (Lipinski definition) is 2. The number of amides is 1. The van der Waals surface area contributed by atoms with Crippen molar-refractivity contribution in [3.63, 3.8) is 0 Å². The van der Waals surface area contributed by atoms with Crippen molar-refractivity contribution in [3.05, 3.63) is 0 Å². The molecule has 1 spiro atoms. The molecule has 92 valence electrons. The maximum atomic E-state index is 11.7. The summed E-state index contributed by atoms with van der Waals surface area (Å²) in [5.41, 5.74) is -0.869. The van der Waals surface area contributed by atoms with Crippen molar-refractivity contribution in [2.75, 3.05) is 5.75 Å². The Labute approximate surface area is 103 Å². The van der Waals surface area contributed by atoms with E-state index in [4.69, 9.17) is 16.3 Å². The Bertz CT molecular complexity index is 343. The Morgan fingerprint density at radius 1 is 1.50 bits per heavy atom. The molecule has 0 radical (unpaired) electrons. The van der Waals surface area contributed by atoms with Crippen LogP contribution in [0.3, 0.4) is 0 Å². The summed E-state index contributed by atoms with van der Waals surface area (Å²) >= 11 is 4.09. The van der Waals surface area contributed by atoms with Gasteiger partial charge in [-0.3, -0.25) is 4.79 Å². The molecule has 16 heavy (non-hydrogen) atoms. The van der Waals surface area contributed by atoms with Gasteiger partial charge in [0.25, 0.3) is 0 Å². The summed E-state index contributed by atoms with van der Waals surface area (Å²) in [6, 6.07) is 0. The number of rotatable bonds is 2. The maximum Gasteiger partial charge on any atom is 0.238 e. The van der Waals surface area contributed by atoms with Gasteiger partial charge in [0, 0.05) is 23.6 Å². The Morgan fingerprint density at radius 3 is 2.56 bits per heavy atom. The molecule has 1 aliphatic heterocycles. The second kappa shape index (κ2) is 3.96. The summed E-state index contributed by atoms with van der Waals surface area (Å²) in [5.74, 6) is -0.0704. The lowest BCUT2D eigenvalue weighted by molar-refractivity contribution is -0.125. The van der Waals surface area contributed by atoms with E-state index in [-0.39, 0.29) is 17.1 Å². The lowest BCUT2D eigenvalue weighted by atomic mass is 9.71. The molecule has 0 aromatic carbocycles. The number of hydrogen-bond donors (Lipinski definition) is 1. The van der Waals surface area contributed by atoms with Crippen LogP contribution < -0.4 is 0 Å². The summed E-state index contributed by atoms with van der Waals surface area (Å²) in [7, 11) is 0. The van der Waals surface area contributed by atoms with Crippen LogP contribution in [0.1, 0.15) is 39.0 Å². The lowest BCUT2D eigenvalue weighted by Gasteiger charge is -2.41. The second-order valence-electron chi connectivity index (χ2n) is 5.08. The zero-order valence-electron chi connectivity index (χ0n) is 9.24. The van der Waals surface area contributed by atoms with Crippen molar-refractivity contribution >= 4 is 28.8 Å². The Kier molecular flexibility index (Phi) is 3.05. The molecule has 2 aliphatic rings. The van der Waals surface area contributed by atoms with Crippen molar-refractivity contribution in [2.45, 2.75) is 44.6 Å². The van der Waals surface area contributed by atoms with Gasteiger partial charge >= 0.3 is 0 Å². The maximum absolute atomic E-state index is 11.7. The molecule has 0 aromatic rings. The van der Waals surface area contributed by atoms with Crippen LogP contribution in [0.5, 0.6) is 0 Å². The van der Waals surface area contributed by atoms with Gasteiger partial charge in [-0.2, -0.15) is 0 Å². The summed E-state index contributed by atoms with van der Waals surface area (Å²) in [4.78, 5) is 11.7. The van der Waals surface area contributed by atoms with Gasteiger partial charge in [-0.15, -0.1) is 0 Å². The molecule has 1 saturated heterocycles. The van der Waals surface area contributed by atoms with Gasteiger partial charge in [0.2, 0.25) is 5.91 Å². The van der Waals surface area contributed by atoms with Gasteiger partial charge in [-0.05, 0) is 19.8 Å². The van der Waals surface area contributed by atoms with Gasteiger partial charge in [0.15, 0.2) is 11.1 Å². The van der Waals surface area contributed by atoms with Crippen molar-refractivity contribution in [3.8, 4) is 0 Å². The molecule has 1 N–H and O–H groups in total. The summed E-state index contributed by atoms with van der Waals surface area (Å²) in [6.07, 6.45) is 4.42. The van der Waals surface area contributed by atoms with Crippen molar-refractivity contribution < 1.29 is 13.6 Å². The standard InChI is InChI=1S/C10H16ClNO3S/c1-9(7-16(14)15)10(4-2-3-5-10)6-8(13)12(9)11/h2-7H2,1H3,(H,14,15). The molecule has 1 saturated carbocycles. The minimum Gasteiger partial charge on any atom is -0.306 e. The smallest absolute Gasteiger partial charge is 0.238 e. The predicted octanol–water partition coefficient (Wildman–Crippen LogP) is 1.91. The van der Waals surface area contributed by atoms with E-state index in [0.717, 1.165) is 25.7 Å². The number of carbonyl (C=O) groups is 1. The van der Waals surface area contributed by atoms with E-state index in [1.54, 1.807) is 0 Å². The van der Waals surface area contributed by atoms with E-state index in [0.29, 0.717) is 6.42 Å². The van der Waals surface area contributed by atoms with Crippen LogP contribution in [-0.4, -0.2) is 30.4 Å². The van der Waals surface area contributed by atoms with Crippen LogP contribution in [0.15, 0.2) is 0 Å². The van der Waals surface area contributed by atoms with Crippen molar-refractivity contribution in [1.29, 1.82) is 0 Å². The van der Waals surface area contributed by atoms with Crippen molar-refractivity contribution in [2.24, 2.45) is 5.41 Å². The normalized spacial score (nSPS) is 34.9. The van der Waals surface area contributed by atoms with Gasteiger partial charge in [-0.1, -0.05) is 12.8 Å². The Morgan fingerprint density at radius 2 is 2.06 bits per heavy atom. The first-order valence-corrected chi connectivity index (χ1v) is 7.09. The van der Waals surface area contributed by atoms with Gasteiger partial charge in [-0.25, -0.2) is 8.63 Å². The van der Waals surface area contributed by atoms with Crippen molar-refractivity contribution in [1.82, 2.24) is 4.42 Å². The molecule has 2 atom stereocenters. The molecule has 2 rings (SSSR count). The molecular formula is C10H16ClNO3S. The zero-order chi connectivity index (χ0) is 12.0. The fourth-order valence-electron chi connectivity index (χ4n) is 3.25. The van der Waals surface area contributed by atoms with Crippen LogP contribution >= 0.6 is 11.8 Å². The quantitative estimate of drug-likeness (QED) is 0.613. The van der Waals surface area contributed by atoms with E-state index in [2.05, 4.69) is 0 Å². The average Bonchev–Trinajstić information content (AvgIpc) is 2.70. The zero-order valence-corrected chi connectivity index (χ0v) is 10.8. The van der Waals surface area contributed by atoms with Crippen LogP contribution in [0.2, 0.25) is 0 Å². The summed E-state index contributed by atoms with van der Waals surface area (Å²) in [5, 5.41) is 0. The lowest BCUT2D eigenvalue weighted by Crippen LogP contribution is -2.51. The minimum atomic E-state index is -1.93. The SMILES string of the molecule is CC1(CS(=O)O)N(Cl)C(=O)CC12CCCC2. The van der Waals surface area contributed by atoms with E-state index in [9.17, 15) is 9.00 Å². The highest BCUT2D eigenvalue weighted by Gasteiger charge is 2.61. The molecule has 1 aliphatic carbocycles. The molecule has 1 amide bonds. The fourth-order valence-corrected chi connectivity index (χ4v) is 4.54. The van der Waals surface area contributed by atoms with Gasteiger partial charge < -0.3 is 4.55 Å². The number of carbonyl (C=O) groups excluding carboxylic acids is 1. The summed E-state index contributed by atoms with van der Waals surface area (Å²) in [6.45, 7) is 1.84. The highest BCUT2D eigenvalue weighted by Crippen LogP contribution is 2.57. The van der Waals surface area contributed by atoms with Crippen LogP contribution in [-0.2, 0) is 15.9 Å². The third-order valence-corrected chi connectivity index (χ3v) is 5.62. The van der Waals surface area contributed by atoms with Gasteiger partial charge in [0.1, 0.15) is 0 Å². The molecule has 0 bridgehead atoms. The minimum absolute atomic E-state index is 0.0439. The average molecular weight is 266 g/mol. The third kappa shape index (κ3) is 1.60. The Hall–Kier alpha value is -0.130. The fraction of sp³-hybridized carbons (Fsp3) is 0.900. The van der Waals surface area contributed by atoms with E-state index in [1.807, 2.05) is 6.92 Å².